The topological polar surface area (TPSA) is 17.8 Å². The van der Waals surface area contributed by atoms with Gasteiger partial charge in [0.25, 0.3) is 0 Å². The lowest BCUT2D eigenvalue weighted by atomic mass is 10.1. The minimum Gasteiger partial charge on any atom is -0.271 e. The lowest BCUT2D eigenvalue weighted by molar-refractivity contribution is 0.525. The number of unbranched alkanes of at least 4 members (excludes halogenated alkanes) is 5. The van der Waals surface area contributed by atoms with Crippen molar-refractivity contribution in [1.29, 1.82) is 0 Å². The molecule has 0 unspecified atom stereocenters. The van der Waals surface area contributed by atoms with Crippen LogP contribution in [0.25, 0.3) is 0 Å². The molecule has 0 radical (unpaired) electrons. The summed E-state index contributed by atoms with van der Waals surface area (Å²) in [6.45, 7) is 5.46. The Kier molecular flexibility index (Phi) is 6.29. The molecule has 0 atom stereocenters. The molecule has 0 bridgehead atoms. The fraction of sp³-hybridized carbons (Fsp3) is 0.750. The van der Waals surface area contributed by atoms with Gasteiger partial charge in [0.2, 0.25) is 0 Å². The minimum atomic E-state index is 1.08. The third kappa shape index (κ3) is 5.00. The van der Waals surface area contributed by atoms with Gasteiger partial charge >= 0.3 is 0 Å². The quantitative estimate of drug-likeness (QED) is 0.545. The highest BCUT2D eigenvalue weighted by Crippen LogP contribution is 2.10. The molecule has 0 saturated heterocycles. The van der Waals surface area contributed by atoms with Crippen LogP contribution in [0.4, 0.5) is 0 Å². The summed E-state index contributed by atoms with van der Waals surface area (Å²) in [5, 5.41) is 4.45. The first-order valence-electron chi connectivity index (χ1n) is 5.93. The number of halogens is 1. The molecule has 0 fully saturated rings. The second-order valence-corrected chi connectivity index (χ2v) is 5.16. The Morgan fingerprint density at radius 1 is 1.20 bits per heavy atom. The first kappa shape index (κ1) is 13.0. The Bertz CT molecular complexity index is 262. The summed E-state index contributed by atoms with van der Waals surface area (Å²) in [4.78, 5) is 0. The van der Waals surface area contributed by atoms with Crippen molar-refractivity contribution in [1.82, 2.24) is 9.78 Å². The Hall–Kier alpha value is -0.0600. The highest BCUT2D eigenvalue weighted by molar-refractivity contribution is 14.1. The zero-order chi connectivity index (χ0) is 11.1. The van der Waals surface area contributed by atoms with Gasteiger partial charge in [-0.25, -0.2) is 0 Å². The van der Waals surface area contributed by atoms with Crippen LogP contribution in [0.5, 0.6) is 0 Å². The lowest BCUT2D eigenvalue weighted by Gasteiger charge is -2.01. The van der Waals surface area contributed by atoms with Gasteiger partial charge in [-0.2, -0.15) is 5.10 Å². The van der Waals surface area contributed by atoms with E-state index in [0.29, 0.717) is 0 Å². The van der Waals surface area contributed by atoms with Crippen molar-refractivity contribution in [2.24, 2.45) is 0 Å². The number of hydrogen-bond donors (Lipinski definition) is 0. The third-order valence-corrected chi connectivity index (χ3v) is 3.69. The molecule has 0 aliphatic rings. The van der Waals surface area contributed by atoms with Crippen LogP contribution < -0.4 is 0 Å². The molecule has 0 N–H and O–H groups in total. The molecular formula is C12H21IN2. The van der Waals surface area contributed by atoms with E-state index in [0.717, 1.165) is 10.2 Å². The molecule has 3 heteroatoms. The SMILES string of the molecule is CCCCCCCCn1cc(C)c(I)n1. The zero-order valence-electron chi connectivity index (χ0n) is 9.80. The van der Waals surface area contributed by atoms with Crippen molar-refractivity contribution in [2.75, 3.05) is 0 Å². The first-order chi connectivity index (χ1) is 7.24. The standard InChI is InChI=1S/C12H21IN2/c1-3-4-5-6-7-8-9-15-10-11(2)12(13)14-15/h10H,3-9H2,1-2H3. The maximum Gasteiger partial charge on any atom is 0.126 e. The van der Waals surface area contributed by atoms with Crippen molar-refractivity contribution in [3.05, 3.63) is 15.5 Å². The number of nitrogens with zero attached hydrogens (tertiary/aromatic N) is 2. The number of aromatic nitrogens is 2. The van der Waals surface area contributed by atoms with E-state index in [1.54, 1.807) is 0 Å². The van der Waals surface area contributed by atoms with Crippen LogP contribution in [0.3, 0.4) is 0 Å². The van der Waals surface area contributed by atoms with Crippen LogP contribution in [0.15, 0.2) is 6.20 Å². The van der Waals surface area contributed by atoms with Crippen LogP contribution in [0.1, 0.15) is 51.0 Å². The zero-order valence-corrected chi connectivity index (χ0v) is 12.0. The predicted octanol–water partition coefficient (Wildman–Crippen LogP) is 4.16. The Morgan fingerprint density at radius 2 is 1.87 bits per heavy atom. The summed E-state index contributed by atoms with van der Waals surface area (Å²) in [7, 11) is 0. The number of rotatable bonds is 7. The molecule has 1 aromatic heterocycles. The number of aryl methyl sites for hydroxylation is 2. The summed E-state index contributed by atoms with van der Waals surface area (Å²) >= 11 is 2.29. The molecule has 0 aliphatic carbocycles. The van der Waals surface area contributed by atoms with Crippen LogP contribution in [-0.4, -0.2) is 9.78 Å². The fourth-order valence-corrected chi connectivity index (χ4v) is 2.08. The van der Waals surface area contributed by atoms with Gasteiger partial charge in [-0.05, 0) is 35.9 Å². The van der Waals surface area contributed by atoms with E-state index < -0.39 is 0 Å². The van der Waals surface area contributed by atoms with Crippen molar-refractivity contribution in [3.63, 3.8) is 0 Å². The van der Waals surface area contributed by atoms with E-state index in [-0.39, 0.29) is 0 Å². The molecule has 0 spiro atoms. The fourth-order valence-electron chi connectivity index (χ4n) is 1.67. The second-order valence-electron chi connectivity index (χ2n) is 4.13. The Labute approximate surface area is 107 Å². The third-order valence-electron chi connectivity index (χ3n) is 2.63. The highest BCUT2D eigenvalue weighted by Gasteiger charge is 2.00. The van der Waals surface area contributed by atoms with Gasteiger partial charge in [-0.15, -0.1) is 0 Å². The largest absolute Gasteiger partial charge is 0.271 e. The van der Waals surface area contributed by atoms with Crippen molar-refractivity contribution in [2.45, 2.75) is 58.9 Å². The van der Waals surface area contributed by atoms with E-state index in [1.807, 2.05) is 0 Å². The maximum atomic E-state index is 4.45. The summed E-state index contributed by atoms with van der Waals surface area (Å²) in [5.74, 6) is 0. The van der Waals surface area contributed by atoms with E-state index in [2.05, 4.69) is 52.4 Å². The first-order valence-corrected chi connectivity index (χ1v) is 7.01. The summed E-state index contributed by atoms with van der Waals surface area (Å²) in [5.41, 5.74) is 1.29. The van der Waals surface area contributed by atoms with E-state index in [1.165, 1.54) is 44.1 Å². The van der Waals surface area contributed by atoms with E-state index in [4.69, 9.17) is 0 Å². The molecule has 1 aromatic rings. The predicted molar refractivity (Wildman–Crippen MR) is 73.1 cm³/mol. The van der Waals surface area contributed by atoms with Crippen LogP contribution in [0.2, 0.25) is 0 Å². The highest BCUT2D eigenvalue weighted by atomic mass is 127. The molecule has 0 aliphatic heterocycles. The lowest BCUT2D eigenvalue weighted by Crippen LogP contribution is -1.98. The van der Waals surface area contributed by atoms with Gasteiger partial charge in [0.05, 0.1) is 0 Å². The van der Waals surface area contributed by atoms with Crippen LogP contribution in [-0.2, 0) is 6.54 Å². The molecule has 2 nitrogen and oxygen atoms in total. The Morgan fingerprint density at radius 3 is 2.47 bits per heavy atom. The normalized spacial score (nSPS) is 10.9. The maximum absolute atomic E-state index is 4.45. The van der Waals surface area contributed by atoms with Gasteiger partial charge in [0.15, 0.2) is 0 Å². The monoisotopic (exact) mass is 320 g/mol. The van der Waals surface area contributed by atoms with Crippen molar-refractivity contribution < 1.29 is 0 Å². The molecule has 1 rings (SSSR count). The average molecular weight is 320 g/mol. The van der Waals surface area contributed by atoms with Crippen LogP contribution in [0, 0.1) is 10.6 Å². The molecule has 1 heterocycles. The molecular weight excluding hydrogens is 299 g/mol. The summed E-state index contributed by atoms with van der Waals surface area (Å²) in [6.07, 6.45) is 10.2. The van der Waals surface area contributed by atoms with E-state index >= 15 is 0 Å². The van der Waals surface area contributed by atoms with Gasteiger partial charge in [0.1, 0.15) is 3.70 Å². The molecule has 15 heavy (non-hydrogen) atoms. The minimum absolute atomic E-state index is 1.08. The molecule has 0 aromatic carbocycles. The average Bonchev–Trinajstić information content (AvgIpc) is 2.52. The summed E-state index contributed by atoms with van der Waals surface area (Å²) in [6, 6.07) is 0. The van der Waals surface area contributed by atoms with Gasteiger partial charge in [-0.3, -0.25) is 4.68 Å². The Balaban J connectivity index is 2.10. The second kappa shape index (κ2) is 7.25. The van der Waals surface area contributed by atoms with Gasteiger partial charge in [0, 0.05) is 18.3 Å². The smallest absolute Gasteiger partial charge is 0.126 e. The van der Waals surface area contributed by atoms with Crippen molar-refractivity contribution in [3.8, 4) is 0 Å². The van der Waals surface area contributed by atoms with Gasteiger partial charge in [-0.1, -0.05) is 39.0 Å². The van der Waals surface area contributed by atoms with Crippen molar-refractivity contribution >= 4 is 22.6 Å². The van der Waals surface area contributed by atoms with Crippen LogP contribution >= 0.6 is 22.6 Å². The van der Waals surface area contributed by atoms with Gasteiger partial charge < -0.3 is 0 Å². The summed E-state index contributed by atoms with van der Waals surface area (Å²) < 4.78 is 3.22. The number of hydrogen-bond acceptors (Lipinski definition) is 1. The molecule has 0 amide bonds. The molecule has 86 valence electrons. The van der Waals surface area contributed by atoms with E-state index in [9.17, 15) is 0 Å². The molecule has 0 saturated carbocycles.